The highest BCUT2D eigenvalue weighted by molar-refractivity contribution is 7.14. The number of benzene rings is 2. The van der Waals surface area contributed by atoms with Crippen LogP contribution in [0, 0.1) is 0 Å². The molecule has 0 aliphatic rings. The van der Waals surface area contributed by atoms with Gasteiger partial charge in [0.1, 0.15) is 16.4 Å². The van der Waals surface area contributed by atoms with Crippen LogP contribution in [0.3, 0.4) is 0 Å². The molecule has 1 heterocycles. The van der Waals surface area contributed by atoms with Crippen LogP contribution >= 0.6 is 11.3 Å². The summed E-state index contributed by atoms with van der Waals surface area (Å²) in [4.78, 5) is 4.36. The minimum Gasteiger partial charge on any atom is -0.496 e. The van der Waals surface area contributed by atoms with Gasteiger partial charge in [0.2, 0.25) is 0 Å². The monoisotopic (exact) mass is 256 g/mol. The van der Waals surface area contributed by atoms with Gasteiger partial charge in [-0.1, -0.05) is 30.3 Å². The largest absolute Gasteiger partial charge is 0.496 e. The molecule has 1 aromatic heterocycles. The van der Waals surface area contributed by atoms with Crippen LogP contribution in [0.4, 0.5) is 5.00 Å². The number of thiazole rings is 1. The number of nitrogen functional groups attached to an aromatic ring is 1. The second-order valence-corrected chi connectivity index (χ2v) is 4.82. The highest BCUT2D eigenvalue weighted by atomic mass is 32.1. The van der Waals surface area contributed by atoms with Gasteiger partial charge >= 0.3 is 0 Å². The summed E-state index contributed by atoms with van der Waals surface area (Å²) in [5, 5.41) is 2.97. The summed E-state index contributed by atoms with van der Waals surface area (Å²) in [6.45, 7) is 0. The minimum absolute atomic E-state index is 0.713. The van der Waals surface area contributed by atoms with Crippen molar-refractivity contribution in [2.45, 2.75) is 0 Å². The van der Waals surface area contributed by atoms with Crippen molar-refractivity contribution in [1.29, 1.82) is 0 Å². The Labute approximate surface area is 109 Å². The third-order valence-corrected chi connectivity index (χ3v) is 3.60. The van der Waals surface area contributed by atoms with Crippen LogP contribution in [-0.2, 0) is 0 Å². The Morgan fingerprint density at radius 1 is 1.17 bits per heavy atom. The standard InChI is InChI=1S/C14H12N2OS/c1-17-11-7-6-9-4-2-3-5-10(9)12(11)13-14(15)18-8-16-13/h2-8H,15H2,1H3. The van der Waals surface area contributed by atoms with Crippen LogP contribution in [-0.4, -0.2) is 12.1 Å². The lowest BCUT2D eigenvalue weighted by molar-refractivity contribution is 0.417. The first-order valence-corrected chi connectivity index (χ1v) is 6.44. The van der Waals surface area contributed by atoms with Gasteiger partial charge in [0.05, 0.1) is 18.2 Å². The first-order chi connectivity index (χ1) is 8.81. The van der Waals surface area contributed by atoms with Gasteiger partial charge in [-0.25, -0.2) is 4.98 Å². The maximum atomic E-state index is 5.99. The van der Waals surface area contributed by atoms with E-state index in [9.17, 15) is 0 Å². The van der Waals surface area contributed by atoms with Gasteiger partial charge in [0.15, 0.2) is 0 Å². The van der Waals surface area contributed by atoms with Crippen LogP contribution in [0.5, 0.6) is 5.75 Å². The molecule has 2 N–H and O–H groups in total. The van der Waals surface area contributed by atoms with E-state index in [0.717, 1.165) is 27.8 Å². The average Bonchev–Trinajstić information content (AvgIpc) is 2.83. The number of ether oxygens (including phenoxy) is 1. The van der Waals surface area contributed by atoms with E-state index in [1.165, 1.54) is 11.3 Å². The third kappa shape index (κ3) is 1.62. The van der Waals surface area contributed by atoms with E-state index in [2.05, 4.69) is 17.1 Å². The van der Waals surface area contributed by atoms with Crippen molar-refractivity contribution in [2.24, 2.45) is 0 Å². The van der Waals surface area contributed by atoms with Crippen molar-refractivity contribution < 1.29 is 4.74 Å². The number of hydrogen-bond acceptors (Lipinski definition) is 4. The van der Waals surface area contributed by atoms with E-state index < -0.39 is 0 Å². The number of fused-ring (bicyclic) bond motifs is 1. The zero-order valence-corrected chi connectivity index (χ0v) is 10.7. The molecule has 18 heavy (non-hydrogen) atoms. The summed E-state index contributed by atoms with van der Waals surface area (Å²) in [5.41, 5.74) is 9.51. The molecule has 0 saturated carbocycles. The molecule has 0 aliphatic carbocycles. The highest BCUT2D eigenvalue weighted by Gasteiger charge is 2.15. The molecule has 0 atom stereocenters. The molecule has 3 aromatic rings. The van der Waals surface area contributed by atoms with E-state index in [4.69, 9.17) is 10.5 Å². The molecule has 90 valence electrons. The molecule has 0 radical (unpaired) electrons. The fourth-order valence-corrected chi connectivity index (χ4v) is 2.65. The van der Waals surface area contributed by atoms with E-state index in [-0.39, 0.29) is 0 Å². The van der Waals surface area contributed by atoms with E-state index >= 15 is 0 Å². The lowest BCUT2D eigenvalue weighted by Gasteiger charge is -2.10. The van der Waals surface area contributed by atoms with Gasteiger partial charge in [-0.3, -0.25) is 0 Å². The van der Waals surface area contributed by atoms with Crippen molar-refractivity contribution >= 4 is 27.1 Å². The molecule has 0 bridgehead atoms. The Kier molecular flexibility index (Phi) is 2.64. The topological polar surface area (TPSA) is 48.1 Å². The number of nitrogens with two attached hydrogens (primary N) is 1. The van der Waals surface area contributed by atoms with Gasteiger partial charge in [-0.2, -0.15) is 0 Å². The summed E-state index contributed by atoms with van der Waals surface area (Å²) in [5.74, 6) is 0.798. The predicted molar refractivity (Wildman–Crippen MR) is 76.0 cm³/mol. The number of hydrogen-bond donors (Lipinski definition) is 1. The van der Waals surface area contributed by atoms with Crippen LogP contribution in [0.25, 0.3) is 22.0 Å². The maximum Gasteiger partial charge on any atom is 0.129 e. The fourth-order valence-electron chi connectivity index (χ4n) is 2.11. The Morgan fingerprint density at radius 3 is 2.72 bits per heavy atom. The van der Waals surface area contributed by atoms with E-state index in [1.807, 2.05) is 24.3 Å². The number of nitrogens with zero attached hydrogens (tertiary/aromatic N) is 1. The molecule has 0 fully saturated rings. The normalized spacial score (nSPS) is 10.7. The molecule has 0 aliphatic heterocycles. The smallest absolute Gasteiger partial charge is 0.129 e. The van der Waals surface area contributed by atoms with Crippen LogP contribution in [0.2, 0.25) is 0 Å². The second kappa shape index (κ2) is 4.31. The molecule has 0 unspecified atom stereocenters. The molecule has 0 saturated heterocycles. The first-order valence-electron chi connectivity index (χ1n) is 5.56. The summed E-state index contributed by atoms with van der Waals surface area (Å²) in [7, 11) is 1.66. The average molecular weight is 256 g/mol. The van der Waals surface area contributed by atoms with E-state index in [0.29, 0.717) is 5.00 Å². The zero-order chi connectivity index (χ0) is 12.5. The lowest BCUT2D eigenvalue weighted by atomic mass is 10.0. The van der Waals surface area contributed by atoms with Crippen LogP contribution in [0.1, 0.15) is 0 Å². The molecular weight excluding hydrogens is 244 g/mol. The fraction of sp³-hybridized carbons (Fsp3) is 0.0714. The molecule has 0 spiro atoms. The number of rotatable bonds is 2. The van der Waals surface area contributed by atoms with Gasteiger partial charge < -0.3 is 10.5 Å². The first kappa shape index (κ1) is 11.0. The third-order valence-electron chi connectivity index (χ3n) is 2.94. The van der Waals surface area contributed by atoms with Gasteiger partial charge in [-0.15, -0.1) is 11.3 Å². The molecular formula is C14H12N2OS. The Balaban J connectivity index is 2.41. The van der Waals surface area contributed by atoms with Crippen molar-refractivity contribution in [1.82, 2.24) is 4.98 Å². The predicted octanol–water partition coefficient (Wildman–Crippen LogP) is 3.55. The summed E-state index contributed by atoms with van der Waals surface area (Å²) in [6.07, 6.45) is 0. The van der Waals surface area contributed by atoms with Crippen LogP contribution in [0.15, 0.2) is 41.9 Å². The Morgan fingerprint density at radius 2 is 2.00 bits per heavy atom. The number of aromatic nitrogens is 1. The number of methoxy groups -OCH3 is 1. The van der Waals surface area contributed by atoms with E-state index in [1.54, 1.807) is 12.6 Å². The molecule has 2 aromatic carbocycles. The second-order valence-electron chi connectivity index (χ2n) is 3.93. The van der Waals surface area contributed by atoms with Crippen molar-refractivity contribution in [3.05, 3.63) is 41.9 Å². The zero-order valence-electron chi connectivity index (χ0n) is 9.88. The number of anilines is 1. The minimum atomic E-state index is 0.713. The Hall–Kier alpha value is -2.07. The van der Waals surface area contributed by atoms with Crippen LogP contribution < -0.4 is 10.5 Å². The van der Waals surface area contributed by atoms with Gasteiger partial charge in [0, 0.05) is 0 Å². The van der Waals surface area contributed by atoms with Crippen molar-refractivity contribution in [3.8, 4) is 17.0 Å². The van der Waals surface area contributed by atoms with Gasteiger partial charge in [-0.05, 0) is 16.8 Å². The SMILES string of the molecule is COc1ccc2ccccc2c1-c1ncsc1N. The molecule has 0 amide bonds. The quantitative estimate of drug-likeness (QED) is 0.762. The summed E-state index contributed by atoms with van der Waals surface area (Å²) in [6, 6.07) is 12.2. The lowest BCUT2D eigenvalue weighted by Crippen LogP contribution is -1.92. The van der Waals surface area contributed by atoms with Gasteiger partial charge in [0.25, 0.3) is 0 Å². The van der Waals surface area contributed by atoms with Crippen molar-refractivity contribution in [2.75, 3.05) is 12.8 Å². The van der Waals surface area contributed by atoms with Crippen molar-refractivity contribution in [3.63, 3.8) is 0 Å². The highest BCUT2D eigenvalue weighted by Crippen LogP contribution is 2.39. The maximum absolute atomic E-state index is 5.99. The molecule has 3 nitrogen and oxygen atoms in total. The summed E-state index contributed by atoms with van der Waals surface area (Å²) >= 11 is 1.44. The molecule has 3 rings (SSSR count). The summed E-state index contributed by atoms with van der Waals surface area (Å²) < 4.78 is 5.44. The Bertz CT molecular complexity index is 706. The molecule has 4 heteroatoms.